The first-order valence-corrected chi connectivity index (χ1v) is 10.3. The van der Waals surface area contributed by atoms with Crippen molar-refractivity contribution in [1.82, 2.24) is 24.6 Å². The fraction of sp³-hybridized carbons (Fsp3) is 0.571. The number of carbonyl (C=O) groups is 1. The second-order valence-corrected chi connectivity index (χ2v) is 7.98. The molecule has 8 heteroatoms. The van der Waals surface area contributed by atoms with Gasteiger partial charge in [0.25, 0.3) is 0 Å². The fourth-order valence-corrected chi connectivity index (χ4v) is 4.25. The van der Waals surface area contributed by atoms with Gasteiger partial charge < -0.3 is 19.1 Å². The first-order chi connectivity index (χ1) is 14.1. The van der Waals surface area contributed by atoms with Gasteiger partial charge in [-0.2, -0.15) is 0 Å². The van der Waals surface area contributed by atoms with Crippen LogP contribution in [0.25, 0.3) is 0 Å². The molecule has 2 aromatic rings. The molecule has 1 aromatic carbocycles. The molecule has 0 unspecified atom stereocenters. The molecule has 2 aliphatic heterocycles. The summed E-state index contributed by atoms with van der Waals surface area (Å²) in [5.74, 6) is 2.99. The van der Waals surface area contributed by atoms with Crippen LogP contribution in [0, 0.1) is 0 Å². The zero-order valence-electron chi connectivity index (χ0n) is 17.5. The lowest BCUT2D eigenvalue weighted by atomic mass is 10.2. The maximum Gasteiger partial charge on any atom is 0.224 e. The number of carbonyl (C=O) groups excluding carboxylic acids is 1. The Morgan fingerprint density at radius 3 is 2.76 bits per heavy atom. The highest BCUT2D eigenvalue weighted by Crippen LogP contribution is 2.32. The van der Waals surface area contributed by atoms with Gasteiger partial charge in [0.2, 0.25) is 5.91 Å². The van der Waals surface area contributed by atoms with Gasteiger partial charge in [-0.25, -0.2) is 0 Å². The second-order valence-electron chi connectivity index (χ2n) is 7.98. The molecule has 4 rings (SSSR count). The van der Waals surface area contributed by atoms with Gasteiger partial charge in [-0.3, -0.25) is 9.69 Å². The molecule has 156 valence electrons. The van der Waals surface area contributed by atoms with E-state index in [2.05, 4.69) is 31.6 Å². The van der Waals surface area contributed by atoms with Gasteiger partial charge in [-0.05, 0) is 44.2 Å². The third-order valence-corrected chi connectivity index (χ3v) is 6.02. The van der Waals surface area contributed by atoms with Crippen LogP contribution >= 0.6 is 0 Å². The van der Waals surface area contributed by atoms with Gasteiger partial charge in [0.05, 0.1) is 19.7 Å². The number of likely N-dealkylation sites (N-methyl/N-ethyl adjacent to an activating group) is 1. The molecular formula is C21H30N6O2. The number of amides is 1. The van der Waals surface area contributed by atoms with Crippen molar-refractivity contribution in [2.45, 2.75) is 38.4 Å². The van der Waals surface area contributed by atoms with Crippen LogP contribution in [0.5, 0.6) is 5.75 Å². The van der Waals surface area contributed by atoms with Gasteiger partial charge in [0, 0.05) is 45.3 Å². The van der Waals surface area contributed by atoms with Crippen molar-refractivity contribution in [2.24, 2.45) is 0 Å². The zero-order chi connectivity index (χ0) is 20.4. The van der Waals surface area contributed by atoms with Crippen molar-refractivity contribution in [1.29, 1.82) is 0 Å². The van der Waals surface area contributed by atoms with E-state index < -0.39 is 0 Å². The van der Waals surface area contributed by atoms with E-state index in [1.165, 1.54) is 0 Å². The molecule has 1 aromatic heterocycles. The van der Waals surface area contributed by atoms with Gasteiger partial charge in [-0.15, -0.1) is 10.2 Å². The Balaban J connectivity index is 1.39. The SMILES string of the molecule is COc1ccc(N(C)CCC(=O)N2CCC[C@@H]2c2nnc3n2CCN(C)C3)cc1. The van der Waals surface area contributed by atoms with E-state index in [1.54, 1.807) is 7.11 Å². The maximum atomic E-state index is 13.0. The summed E-state index contributed by atoms with van der Waals surface area (Å²) in [6.45, 7) is 4.19. The Bertz CT molecular complexity index is 849. The van der Waals surface area contributed by atoms with Crippen LogP contribution in [0.3, 0.4) is 0 Å². The van der Waals surface area contributed by atoms with E-state index in [4.69, 9.17) is 4.74 Å². The number of nitrogens with zero attached hydrogens (tertiary/aromatic N) is 6. The summed E-state index contributed by atoms with van der Waals surface area (Å²) in [6, 6.07) is 7.97. The average Bonchev–Trinajstić information content (AvgIpc) is 3.38. The Labute approximate surface area is 172 Å². The molecule has 0 radical (unpaired) electrons. The van der Waals surface area contributed by atoms with Crippen LogP contribution in [-0.2, 0) is 17.9 Å². The second kappa shape index (κ2) is 8.41. The summed E-state index contributed by atoms with van der Waals surface area (Å²) >= 11 is 0. The lowest BCUT2D eigenvalue weighted by molar-refractivity contribution is -0.132. The van der Waals surface area contributed by atoms with Crippen LogP contribution in [0.4, 0.5) is 5.69 Å². The number of benzene rings is 1. The lowest BCUT2D eigenvalue weighted by Crippen LogP contribution is -2.36. The highest BCUT2D eigenvalue weighted by Gasteiger charge is 2.34. The minimum Gasteiger partial charge on any atom is -0.497 e. The van der Waals surface area contributed by atoms with E-state index in [0.717, 1.165) is 62.1 Å². The van der Waals surface area contributed by atoms with Crippen LogP contribution in [-0.4, -0.2) is 71.3 Å². The van der Waals surface area contributed by atoms with Crippen molar-refractivity contribution in [3.05, 3.63) is 35.9 Å². The first-order valence-electron chi connectivity index (χ1n) is 10.3. The van der Waals surface area contributed by atoms with Crippen LogP contribution in [0.1, 0.15) is 37.0 Å². The number of fused-ring (bicyclic) bond motifs is 1. The predicted molar refractivity (Wildman–Crippen MR) is 111 cm³/mol. The molecule has 3 heterocycles. The summed E-state index contributed by atoms with van der Waals surface area (Å²) in [7, 11) is 5.78. The Morgan fingerprint density at radius 2 is 2.00 bits per heavy atom. The number of rotatable bonds is 6. The van der Waals surface area contributed by atoms with Crippen molar-refractivity contribution in [2.75, 3.05) is 45.7 Å². The molecule has 1 amide bonds. The summed E-state index contributed by atoms with van der Waals surface area (Å²) in [6.07, 6.45) is 2.48. The van der Waals surface area contributed by atoms with E-state index in [-0.39, 0.29) is 11.9 Å². The Hall–Kier alpha value is -2.61. The highest BCUT2D eigenvalue weighted by molar-refractivity contribution is 5.77. The van der Waals surface area contributed by atoms with E-state index in [9.17, 15) is 4.79 Å². The number of hydrogen-bond donors (Lipinski definition) is 0. The fourth-order valence-electron chi connectivity index (χ4n) is 4.25. The molecule has 0 aliphatic carbocycles. The number of hydrogen-bond acceptors (Lipinski definition) is 6. The standard InChI is InChI=1S/C21H30N6O2/c1-24-13-14-27-19(15-24)22-23-21(27)18-5-4-11-26(18)20(28)10-12-25(2)16-6-8-17(29-3)9-7-16/h6-9,18H,4-5,10-15H2,1-3H3/t18-/m1/s1. The predicted octanol–water partition coefficient (Wildman–Crippen LogP) is 1.92. The average molecular weight is 399 g/mol. The molecule has 2 aliphatic rings. The third kappa shape index (κ3) is 4.07. The van der Waals surface area contributed by atoms with Gasteiger partial charge >= 0.3 is 0 Å². The number of likely N-dealkylation sites (tertiary alicyclic amines) is 1. The smallest absolute Gasteiger partial charge is 0.224 e. The number of aromatic nitrogens is 3. The van der Waals surface area contributed by atoms with Crippen molar-refractivity contribution < 1.29 is 9.53 Å². The Morgan fingerprint density at radius 1 is 1.21 bits per heavy atom. The summed E-state index contributed by atoms with van der Waals surface area (Å²) in [5.41, 5.74) is 1.08. The largest absolute Gasteiger partial charge is 0.497 e. The van der Waals surface area contributed by atoms with E-state index in [1.807, 2.05) is 36.2 Å². The topological polar surface area (TPSA) is 66.7 Å². The maximum absolute atomic E-state index is 13.0. The van der Waals surface area contributed by atoms with Crippen LogP contribution < -0.4 is 9.64 Å². The minimum atomic E-state index is 0.0541. The van der Waals surface area contributed by atoms with Crippen molar-refractivity contribution >= 4 is 11.6 Å². The molecule has 1 fully saturated rings. The third-order valence-electron chi connectivity index (χ3n) is 6.02. The van der Waals surface area contributed by atoms with Crippen LogP contribution in [0.2, 0.25) is 0 Å². The van der Waals surface area contributed by atoms with Crippen molar-refractivity contribution in [3.63, 3.8) is 0 Å². The monoisotopic (exact) mass is 398 g/mol. The highest BCUT2D eigenvalue weighted by atomic mass is 16.5. The quantitative estimate of drug-likeness (QED) is 0.741. The molecule has 0 bridgehead atoms. The number of anilines is 1. The van der Waals surface area contributed by atoms with E-state index in [0.29, 0.717) is 13.0 Å². The summed E-state index contributed by atoms with van der Waals surface area (Å²) < 4.78 is 7.43. The van der Waals surface area contributed by atoms with Crippen molar-refractivity contribution in [3.8, 4) is 5.75 Å². The molecule has 0 N–H and O–H groups in total. The van der Waals surface area contributed by atoms with E-state index >= 15 is 0 Å². The molecule has 8 nitrogen and oxygen atoms in total. The van der Waals surface area contributed by atoms with Gasteiger partial charge in [0.15, 0.2) is 5.82 Å². The zero-order valence-corrected chi connectivity index (χ0v) is 17.5. The lowest BCUT2D eigenvalue weighted by Gasteiger charge is -2.28. The summed E-state index contributed by atoms with van der Waals surface area (Å²) in [4.78, 5) is 19.4. The molecule has 0 saturated carbocycles. The Kier molecular flexibility index (Phi) is 5.71. The summed E-state index contributed by atoms with van der Waals surface area (Å²) in [5, 5.41) is 8.86. The first kappa shape index (κ1) is 19.7. The van der Waals surface area contributed by atoms with Crippen LogP contribution in [0.15, 0.2) is 24.3 Å². The molecular weight excluding hydrogens is 368 g/mol. The van der Waals surface area contributed by atoms with Gasteiger partial charge in [0.1, 0.15) is 11.6 Å². The molecule has 29 heavy (non-hydrogen) atoms. The number of ether oxygens (including phenoxy) is 1. The molecule has 1 saturated heterocycles. The molecule has 0 spiro atoms. The van der Waals surface area contributed by atoms with Gasteiger partial charge in [-0.1, -0.05) is 0 Å². The molecule has 1 atom stereocenters. The normalized spacial score (nSPS) is 19.3. The number of methoxy groups -OCH3 is 1. The minimum absolute atomic E-state index is 0.0541.